The van der Waals surface area contributed by atoms with Gasteiger partial charge in [-0.2, -0.15) is 0 Å². The van der Waals surface area contributed by atoms with Gasteiger partial charge in [0.2, 0.25) is 0 Å². The third kappa shape index (κ3) is 5.87. The molecule has 30 heavy (non-hydrogen) atoms. The van der Waals surface area contributed by atoms with Crippen molar-refractivity contribution in [1.82, 2.24) is 10.2 Å². The molecule has 0 aliphatic carbocycles. The van der Waals surface area contributed by atoms with E-state index in [1.54, 1.807) is 12.1 Å². The standard InChI is InChI=1S/C21H26F2N4O2.HI/c1-3-24-21(25-14-15-4-7-20(29-2)19(28)12-15)27-10-8-26(9-11-27)18-13-16(22)5-6-17(18)23;/h4-7,12-13,28H,3,8-11,14H2,1-2H3,(H,24,25);1H. The number of benzene rings is 2. The van der Waals surface area contributed by atoms with Gasteiger partial charge in [0, 0.05) is 38.8 Å². The lowest BCUT2D eigenvalue weighted by molar-refractivity contribution is 0.370. The number of guanidine groups is 1. The Morgan fingerprint density at radius 1 is 1.13 bits per heavy atom. The maximum Gasteiger partial charge on any atom is 0.194 e. The summed E-state index contributed by atoms with van der Waals surface area (Å²) in [5.41, 5.74) is 1.15. The molecular formula is C21H27F2IN4O2. The lowest BCUT2D eigenvalue weighted by Crippen LogP contribution is -2.52. The molecule has 0 amide bonds. The van der Waals surface area contributed by atoms with Crippen molar-refractivity contribution < 1.29 is 18.6 Å². The molecule has 2 aromatic carbocycles. The van der Waals surface area contributed by atoms with Crippen LogP contribution in [0.1, 0.15) is 12.5 Å². The zero-order valence-electron chi connectivity index (χ0n) is 17.1. The Morgan fingerprint density at radius 3 is 2.50 bits per heavy atom. The zero-order valence-corrected chi connectivity index (χ0v) is 19.4. The molecule has 0 atom stereocenters. The first-order chi connectivity index (χ1) is 14.0. The molecule has 2 N–H and O–H groups in total. The number of aliphatic imine (C=N–C) groups is 1. The van der Waals surface area contributed by atoms with E-state index in [9.17, 15) is 13.9 Å². The van der Waals surface area contributed by atoms with Crippen molar-refractivity contribution in [3.63, 3.8) is 0 Å². The van der Waals surface area contributed by atoms with Crippen molar-refractivity contribution in [3.05, 3.63) is 53.6 Å². The van der Waals surface area contributed by atoms with Crippen LogP contribution in [0.15, 0.2) is 41.4 Å². The van der Waals surface area contributed by atoms with Gasteiger partial charge in [0.05, 0.1) is 19.3 Å². The number of anilines is 1. The van der Waals surface area contributed by atoms with Crippen LogP contribution in [-0.2, 0) is 6.54 Å². The molecule has 9 heteroatoms. The predicted octanol–water partition coefficient (Wildman–Crippen LogP) is 3.58. The summed E-state index contributed by atoms with van der Waals surface area (Å²) in [6, 6.07) is 8.72. The first kappa shape index (κ1) is 24.0. The second kappa shape index (κ2) is 11.2. The van der Waals surface area contributed by atoms with Crippen LogP contribution in [-0.4, -0.2) is 55.8 Å². The van der Waals surface area contributed by atoms with Gasteiger partial charge in [-0.15, -0.1) is 24.0 Å². The quantitative estimate of drug-likeness (QED) is 0.351. The third-order valence-electron chi connectivity index (χ3n) is 4.82. The average Bonchev–Trinajstić information content (AvgIpc) is 2.73. The lowest BCUT2D eigenvalue weighted by Gasteiger charge is -2.37. The third-order valence-corrected chi connectivity index (χ3v) is 4.82. The molecule has 0 unspecified atom stereocenters. The Kier molecular flexibility index (Phi) is 8.94. The van der Waals surface area contributed by atoms with Gasteiger partial charge in [-0.3, -0.25) is 0 Å². The topological polar surface area (TPSA) is 60.3 Å². The molecule has 0 saturated carbocycles. The van der Waals surface area contributed by atoms with Crippen LogP contribution in [0.25, 0.3) is 0 Å². The van der Waals surface area contributed by atoms with Crippen molar-refractivity contribution in [3.8, 4) is 11.5 Å². The average molecular weight is 532 g/mol. The van der Waals surface area contributed by atoms with E-state index in [4.69, 9.17) is 4.74 Å². The fraction of sp³-hybridized carbons (Fsp3) is 0.381. The minimum Gasteiger partial charge on any atom is -0.504 e. The molecule has 1 aliphatic heterocycles. The van der Waals surface area contributed by atoms with Gasteiger partial charge in [0.1, 0.15) is 11.6 Å². The summed E-state index contributed by atoms with van der Waals surface area (Å²) in [6.45, 7) is 5.50. The van der Waals surface area contributed by atoms with E-state index in [1.165, 1.54) is 13.2 Å². The van der Waals surface area contributed by atoms with Crippen molar-refractivity contribution in [2.45, 2.75) is 13.5 Å². The molecule has 0 radical (unpaired) electrons. The Labute approximate surface area is 192 Å². The number of methoxy groups -OCH3 is 1. The van der Waals surface area contributed by atoms with Gasteiger partial charge in [0.25, 0.3) is 0 Å². The van der Waals surface area contributed by atoms with Gasteiger partial charge in [-0.1, -0.05) is 6.07 Å². The second-order valence-corrected chi connectivity index (χ2v) is 6.75. The van der Waals surface area contributed by atoms with E-state index in [2.05, 4.69) is 15.2 Å². The molecule has 1 saturated heterocycles. The van der Waals surface area contributed by atoms with Crippen LogP contribution < -0.4 is 15.0 Å². The number of ether oxygens (including phenoxy) is 1. The number of nitrogens with zero attached hydrogens (tertiary/aromatic N) is 3. The largest absolute Gasteiger partial charge is 0.504 e. The van der Waals surface area contributed by atoms with Crippen molar-refractivity contribution in [2.75, 3.05) is 44.7 Å². The van der Waals surface area contributed by atoms with Crippen LogP contribution in [0, 0.1) is 11.6 Å². The minimum atomic E-state index is -0.443. The summed E-state index contributed by atoms with van der Waals surface area (Å²) in [5.74, 6) is 0.393. The molecule has 0 bridgehead atoms. The minimum absolute atomic E-state index is 0. The molecule has 1 aliphatic rings. The Balaban J connectivity index is 0.00000320. The number of nitrogens with one attached hydrogen (secondary N) is 1. The van der Waals surface area contributed by atoms with Crippen LogP contribution in [0.5, 0.6) is 11.5 Å². The first-order valence-corrected chi connectivity index (χ1v) is 9.61. The summed E-state index contributed by atoms with van der Waals surface area (Å²) in [5, 5.41) is 13.2. The van der Waals surface area contributed by atoms with E-state index < -0.39 is 11.6 Å². The number of phenolic OH excluding ortho intramolecular Hbond substituents is 1. The summed E-state index contributed by atoms with van der Waals surface area (Å²) in [7, 11) is 1.51. The molecule has 0 aromatic heterocycles. The van der Waals surface area contributed by atoms with E-state index in [0.29, 0.717) is 50.7 Å². The number of hydrogen-bond acceptors (Lipinski definition) is 4. The van der Waals surface area contributed by atoms with E-state index in [0.717, 1.165) is 23.7 Å². The number of hydrogen-bond donors (Lipinski definition) is 2. The highest BCUT2D eigenvalue weighted by Crippen LogP contribution is 2.26. The van der Waals surface area contributed by atoms with Crippen molar-refractivity contribution in [2.24, 2.45) is 4.99 Å². The highest BCUT2D eigenvalue weighted by Gasteiger charge is 2.22. The Hall–Kier alpha value is -2.30. The smallest absolute Gasteiger partial charge is 0.194 e. The zero-order chi connectivity index (χ0) is 20.8. The number of aromatic hydroxyl groups is 1. The molecule has 3 rings (SSSR count). The highest BCUT2D eigenvalue weighted by molar-refractivity contribution is 14.0. The van der Waals surface area contributed by atoms with E-state index in [-0.39, 0.29) is 29.7 Å². The summed E-state index contributed by atoms with van der Waals surface area (Å²) in [4.78, 5) is 8.61. The Morgan fingerprint density at radius 2 is 1.87 bits per heavy atom. The molecule has 1 heterocycles. The van der Waals surface area contributed by atoms with Gasteiger partial charge in [-0.25, -0.2) is 13.8 Å². The van der Waals surface area contributed by atoms with Gasteiger partial charge in [-0.05, 0) is 36.8 Å². The number of phenols is 1. The maximum absolute atomic E-state index is 14.0. The lowest BCUT2D eigenvalue weighted by atomic mass is 10.2. The number of halogens is 3. The van der Waals surface area contributed by atoms with Crippen LogP contribution in [0.4, 0.5) is 14.5 Å². The van der Waals surface area contributed by atoms with E-state index in [1.807, 2.05) is 17.9 Å². The SMILES string of the molecule is CCNC(=NCc1ccc(OC)c(O)c1)N1CCN(c2cc(F)ccc2F)CC1.I. The second-order valence-electron chi connectivity index (χ2n) is 6.75. The normalized spacial score (nSPS) is 14.3. The molecule has 0 spiro atoms. The molecule has 164 valence electrons. The number of piperazine rings is 1. The van der Waals surface area contributed by atoms with Gasteiger partial charge < -0.3 is 25.0 Å². The fourth-order valence-electron chi connectivity index (χ4n) is 3.31. The predicted molar refractivity (Wildman–Crippen MR) is 125 cm³/mol. The fourth-order valence-corrected chi connectivity index (χ4v) is 3.31. The molecular weight excluding hydrogens is 505 g/mol. The Bertz CT molecular complexity index is 874. The summed E-state index contributed by atoms with van der Waals surface area (Å²) < 4.78 is 32.6. The van der Waals surface area contributed by atoms with Crippen LogP contribution in [0.3, 0.4) is 0 Å². The molecule has 6 nitrogen and oxygen atoms in total. The highest BCUT2D eigenvalue weighted by atomic mass is 127. The summed E-state index contributed by atoms with van der Waals surface area (Å²) in [6.07, 6.45) is 0. The monoisotopic (exact) mass is 532 g/mol. The van der Waals surface area contributed by atoms with E-state index >= 15 is 0 Å². The van der Waals surface area contributed by atoms with Crippen molar-refractivity contribution in [1.29, 1.82) is 0 Å². The number of rotatable bonds is 5. The maximum atomic E-state index is 14.0. The van der Waals surface area contributed by atoms with Crippen molar-refractivity contribution >= 4 is 35.6 Å². The molecule has 1 fully saturated rings. The van der Waals surface area contributed by atoms with Gasteiger partial charge >= 0.3 is 0 Å². The molecule has 2 aromatic rings. The first-order valence-electron chi connectivity index (χ1n) is 9.61. The van der Waals surface area contributed by atoms with Gasteiger partial charge in [0.15, 0.2) is 17.5 Å². The van der Waals surface area contributed by atoms with Crippen LogP contribution in [0.2, 0.25) is 0 Å². The summed E-state index contributed by atoms with van der Waals surface area (Å²) >= 11 is 0. The van der Waals surface area contributed by atoms with Crippen LogP contribution >= 0.6 is 24.0 Å².